The highest BCUT2D eigenvalue weighted by Gasteiger charge is 2.18. The van der Waals surface area contributed by atoms with Gasteiger partial charge in [-0.25, -0.2) is 13.1 Å². The molecule has 9 heteroatoms. The molecule has 0 unspecified atom stereocenters. The lowest BCUT2D eigenvalue weighted by Crippen LogP contribution is -2.35. The molecule has 2 amide bonds. The van der Waals surface area contributed by atoms with Crippen LogP contribution in [-0.4, -0.2) is 51.5 Å². The predicted octanol–water partition coefficient (Wildman–Crippen LogP) is 2.42. The van der Waals surface area contributed by atoms with Crippen molar-refractivity contribution in [3.05, 3.63) is 54.1 Å². The van der Waals surface area contributed by atoms with Gasteiger partial charge in [0.25, 0.3) is 5.91 Å². The summed E-state index contributed by atoms with van der Waals surface area (Å²) in [5.41, 5.74) is 0.995. The Bertz CT molecular complexity index is 944. The number of para-hydroxylation sites is 1. The van der Waals surface area contributed by atoms with Gasteiger partial charge in [-0.05, 0) is 42.7 Å². The van der Waals surface area contributed by atoms with Gasteiger partial charge in [0.15, 0.2) is 0 Å². The summed E-state index contributed by atoms with van der Waals surface area (Å²) in [7, 11) is -2.05. The molecule has 0 saturated carbocycles. The molecule has 2 N–H and O–H groups in total. The minimum absolute atomic E-state index is 0.0833. The number of thioether (sulfide) groups is 1. The summed E-state index contributed by atoms with van der Waals surface area (Å²) >= 11 is 1.52. The highest BCUT2D eigenvalue weighted by molar-refractivity contribution is 7.98. The van der Waals surface area contributed by atoms with E-state index in [1.54, 1.807) is 13.0 Å². The summed E-state index contributed by atoms with van der Waals surface area (Å²) in [6.45, 7) is 1.84. The van der Waals surface area contributed by atoms with Crippen LogP contribution in [0.5, 0.6) is 0 Å². The molecule has 2 aromatic carbocycles. The number of carbonyl (C=O) groups excluding carboxylic acids is 2. The maximum absolute atomic E-state index is 12.5. The molecule has 0 spiro atoms. The molecule has 0 heterocycles. The zero-order valence-electron chi connectivity index (χ0n) is 15.9. The topological polar surface area (TPSA) is 95.6 Å². The third-order valence-corrected chi connectivity index (χ3v) is 6.21. The summed E-state index contributed by atoms with van der Waals surface area (Å²) in [6.07, 6.45) is 1.92. The van der Waals surface area contributed by atoms with Gasteiger partial charge in [-0.2, -0.15) is 0 Å². The smallest absolute Gasteiger partial charge is 0.254 e. The first kappa shape index (κ1) is 21.9. The van der Waals surface area contributed by atoms with Gasteiger partial charge < -0.3 is 10.2 Å². The summed E-state index contributed by atoms with van der Waals surface area (Å²) < 4.78 is 26.3. The van der Waals surface area contributed by atoms with Crippen molar-refractivity contribution in [1.29, 1.82) is 0 Å². The molecule has 0 radical (unpaired) electrons. The van der Waals surface area contributed by atoms with Gasteiger partial charge in [0.05, 0.1) is 17.1 Å². The number of anilines is 1. The normalized spacial score (nSPS) is 11.1. The average Bonchev–Trinajstić information content (AvgIpc) is 2.67. The SMILES string of the molecule is CCNS(=O)(=O)c1ccc(C(=O)N(C)CC(=O)Nc2ccccc2SC)cc1. The fourth-order valence-electron chi connectivity index (χ4n) is 2.50. The Balaban J connectivity index is 2.03. The Labute approximate surface area is 169 Å². The number of rotatable bonds is 8. The van der Waals surface area contributed by atoms with Gasteiger partial charge in [-0.3, -0.25) is 9.59 Å². The molecule has 7 nitrogen and oxygen atoms in total. The van der Waals surface area contributed by atoms with Crippen molar-refractivity contribution in [2.24, 2.45) is 0 Å². The van der Waals surface area contributed by atoms with E-state index >= 15 is 0 Å². The largest absolute Gasteiger partial charge is 0.332 e. The predicted molar refractivity (Wildman–Crippen MR) is 111 cm³/mol. The van der Waals surface area contributed by atoms with Crippen LogP contribution in [0.1, 0.15) is 17.3 Å². The van der Waals surface area contributed by atoms with Gasteiger partial charge in [0.2, 0.25) is 15.9 Å². The average molecular weight is 422 g/mol. The molecular weight excluding hydrogens is 398 g/mol. The van der Waals surface area contributed by atoms with E-state index in [-0.39, 0.29) is 29.8 Å². The quantitative estimate of drug-likeness (QED) is 0.638. The van der Waals surface area contributed by atoms with Crippen molar-refractivity contribution in [2.45, 2.75) is 16.7 Å². The van der Waals surface area contributed by atoms with E-state index in [0.29, 0.717) is 11.3 Å². The second-order valence-corrected chi connectivity index (χ2v) is 8.55. The van der Waals surface area contributed by atoms with E-state index in [0.717, 1.165) is 4.90 Å². The zero-order valence-corrected chi connectivity index (χ0v) is 17.6. The number of benzene rings is 2. The van der Waals surface area contributed by atoms with Crippen LogP contribution in [0, 0.1) is 0 Å². The van der Waals surface area contributed by atoms with E-state index in [2.05, 4.69) is 10.0 Å². The number of sulfonamides is 1. The number of likely N-dealkylation sites (N-methyl/N-ethyl adjacent to an activating group) is 1. The monoisotopic (exact) mass is 421 g/mol. The third-order valence-electron chi connectivity index (χ3n) is 3.85. The molecular formula is C19H23N3O4S2. The second kappa shape index (κ2) is 9.72. The number of hydrogen-bond acceptors (Lipinski definition) is 5. The van der Waals surface area contributed by atoms with Crippen LogP contribution in [0.3, 0.4) is 0 Å². The lowest BCUT2D eigenvalue weighted by molar-refractivity contribution is -0.116. The summed E-state index contributed by atoms with van der Waals surface area (Å²) in [6, 6.07) is 13.0. The highest BCUT2D eigenvalue weighted by atomic mass is 32.2. The molecule has 0 aliphatic heterocycles. The van der Waals surface area contributed by atoms with Crippen molar-refractivity contribution in [3.8, 4) is 0 Å². The fourth-order valence-corrected chi connectivity index (χ4v) is 4.09. The van der Waals surface area contributed by atoms with E-state index < -0.39 is 10.0 Å². The number of carbonyl (C=O) groups is 2. The zero-order chi connectivity index (χ0) is 20.7. The molecule has 28 heavy (non-hydrogen) atoms. The molecule has 0 aliphatic carbocycles. The van der Waals surface area contributed by atoms with Crippen LogP contribution < -0.4 is 10.0 Å². The van der Waals surface area contributed by atoms with Crippen LogP contribution in [0.4, 0.5) is 5.69 Å². The molecule has 2 rings (SSSR count). The number of nitrogens with zero attached hydrogens (tertiary/aromatic N) is 1. The summed E-state index contributed by atoms with van der Waals surface area (Å²) in [4.78, 5) is 27.1. The van der Waals surface area contributed by atoms with E-state index in [4.69, 9.17) is 0 Å². The standard InChI is InChI=1S/C19H23N3O4S2/c1-4-20-28(25,26)15-11-9-14(10-12-15)19(24)22(2)13-18(23)21-16-7-5-6-8-17(16)27-3/h5-12,20H,4,13H2,1-3H3,(H,21,23). The Morgan fingerprint density at radius 1 is 1.07 bits per heavy atom. The summed E-state index contributed by atoms with van der Waals surface area (Å²) in [5.74, 6) is -0.690. The molecule has 2 aromatic rings. The van der Waals surface area contributed by atoms with Gasteiger partial charge in [0, 0.05) is 24.1 Å². The van der Waals surface area contributed by atoms with Gasteiger partial charge >= 0.3 is 0 Å². The van der Waals surface area contributed by atoms with Crippen LogP contribution >= 0.6 is 11.8 Å². The van der Waals surface area contributed by atoms with Crippen LogP contribution in [0.25, 0.3) is 0 Å². The maximum Gasteiger partial charge on any atom is 0.254 e. The van der Waals surface area contributed by atoms with Crippen molar-refractivity contribution >= 4 is 39.3 Å². The van der Waals surface area contributed by atoms with Crippen molar-refractivity contribution in [2.75, 3.05) is 31.7 Å². The Morgan fingerprint density at radius 2 is 1.71 bits per heavy atom. The summed E-state index contributed by atoms with van der Waals surface area (Å²) in [5, 5.41) is 2.80. The lowest BCUT2D eigenvalue weighted by atomic mass is 10.2. The molecule has 0 bridgehead atoms. The number of nitrogens with one attached hydrogen (secondary N) is 2. The van der Waals surface area contributed by atoms with Gasteiger partial charge in [-0.1, -0.05) is 19.1 Å². The maximum atomic E-state index is 12.5. The number of hydrogen-bond donors (Lipinski definition) is 2. The molecule has 150 valence electrons. The van der Waals surface area contributed by atoms with Crippen molar-refractivity contribution in [1.82, 2.24) is 9.62 Å². The van der Waals surface area contributed by atoms with Crippen LogP contribution in [0.2, 0.25) is 0 Å². The minimum Gasteiger partial charge on any atom is -0.332 e. The first-order chi connectivity index (χ1) is 13.3. The van der Waals surface area contributed by atoms with Gasteiger partial charge in [0.1, 0.15) is 0 Å². The molecule has 0 aromatic heterocycles. The molecule has 0 saturated heterocycles. The van der Waals surface area contributed by atoms with E-state index in [1.807, 2.05) is 24.5 Å². The third kappa shape index (κ3) is 5.57. The van der Waals surface area contributed by atoms with E-state index in [9.17, 15) is 18.0 Å². The van der Waals surface area contributed by atoms with Crippen LogP contribution in [0.15, 0.2) is 58.3 Å². The molecule has 0 aliphatic rings. The first-order valence-corrected chi connectivity index (χ1v) is 11.3. The lowest BCUT2D eigenvalue weighted by Gasteiger charge is -2.18. The second-order valence-electron chi connectivity index (χ2n) is 5.94. The van der Waals surface area contributed by atoms with Crippen molar-refractivity contribution < 1.29 is 18.0 Å². The van der Waals surface area contributed by atoms with Crippen molar-refractivity contribution in [3.63, 3.8) is 0 Å². The fraction of sp³-hybridized carbons (Fsp3) is 0.263. The Hall–Kier alpha value is -2.36. The number of amides is 2. The molecule has 0 atom stereocenters. The first-order valence-electron chi connectivity index (χ1n) is 8.56. The van der Waals surface area contributed by atoms with E-state index in [1.165, 1.54) is 48.0 Å². The highest BCUT2D eigenvalue weighted by Crippen LogP contribution is 2.24. The minimum atomic E-state index is -3.57. The Kier molecular flexibility index (Phi) is 7.61. The molecule has 0 fully saturated rings. The Morgan fingerprint density at radius 3 is 2.32 bits per heavy atom. The van der Waals surface area contributed by atoms with Crippen LogP contribution in [-0.2, 0) is 14.8 Å². The van der Waals surface area contributed by atoms with Gasteiger partial charge in [-0.15, -0.1) is 11.8 Å².